The molecule has 0 spiro atoms. The highest BCUT2D eigenvalue weighted by Gasteiger charge is 2.33. The Morgan fingerprint density at radius 3 is 2.36 bits per heavy atom. The van der Waals surface area contributed by atoms with Crippen molar-refractivity contribution in [3.8, 4) is 0 Å². The Morgan fingerprint density at radius 2 is 1.69 bits per heavy atom. The van der Waals surface area contributed by atoms with Crippen LogP contribution in [0.1, 0.15) is 25.0 Å². The molecule has 2 unspecified atom stereocenters. The van der Waals surface area contributed by atoms with Gasteiger partial charge in [-0.05, 0) is 44.3 Å². The Balaban J connectivity index is 1.77. The maximum atomic E-state index is 13.3. The van der Waals surface area contributed by atoms with Gasteiger partial charge >= 0.3 is 13.0 Å². The summed E-state index contributed by atoms with van der Waals surface area (Å²) in [5.41, 5.74) is 1.45. The summed E-state index contributed by atoms with van der Waals surface area (Å²) in [5.74, 6) is -2.80. The average molecular weight is 492 g/mol. The maximum absolute atomic E-state index is 13.3. The van der Waals surface area contributed by atoms with E-state index < -0.39 is 42.3 Å². The number of carbonyl (C=O) groups excluding carboxylic acids is 2. The number of fused-ring (bicyclic) bond motifs is 1. The van der Waals surface area contributed by atoms with Crippen molar-refractivity contribution in [1.29, 1.82) is 0 Å². The lowest BCUT2D eigenvalue weighted by Crippen LogP contribution is -2.61. The summed E-state index contributed by atoms with van der Waals surface area (Å²) in [6, 6.07) is 15.9. The fourth-order valence-electron chi connectivity index (χ4n) is 4.15. The number of para-hydroxylation sites is 1. The van der Waals surface area contributed by atoms with Crippen molar-refractivity contribution in [2.45, 2.75) is 45.1 Å². The first-order valence-electron chi connectivity index (χ1n) is 11.9. The SMILES string of the molecule is CB(O)NC(C)(C)C(=O)NC(Cc1c[nH]c2ccccc12)C(=O)NCC(Cc1ccccc1)C(=O)O. The highest BCUT2D eigenvalue weighted by Crippen LogP contribution is 2.19. The normalized spacial score (nSPS) is 13.1. The summed E-state index contributed by atoms with van der Waals surface area (Å²) in [4.78, 5) is 41.3. The number of aliphatic carboxylic acids is 1. The van der Waals surface area contributed by atoms with E-state index in [9.17, 15) is 24.5 Å². The molecule has 2 aromatic carbocycles. The Labute approximate surface area is 210 Å². The van der Waals surface area contributed by atoms with E-state index in [2.05, 4.69) is 20.8 Å². The first-order valence-corrected chi connectivity index (χ1v) is 11.9. The molecule has 0 saturated carbocycles. The number of carbonyl (C=O) groups is 3. The Kier molecular flexibility index (Phi) is 8.90. The van der Waals surface area contributed by atoms with Crippen LogP contribution in [0, 0.1) is 5.92 Å². The van der Waals surface area contributed by atoms with Crippen LogP contribution in [0.4, 0.5) is 0 Å². The molecule has 36 heavy (non-hydrogen) atoms. The van der Waals surface area contributed by atoms with Gasteiger partial charge in [-0.1, -0.05) is 48.5 Å². The van der Waals surface area contributed by atoms with E-state index >= 15 is 0 Å². The number of amides is 2. The molecule has 3 aromatic rings. The molecule has 10 heteroatoms. The summed E-state index contributed by atoms with van der Waals surface area (Å²) >= 11 is 0. The summed E-state index contributed by atoms with van der Waals surface area (Å²) in [5, 5.41) is 28.6. The van der Waals surface area contributed by atoms with Gasteiger partial charge in [-0.2, -0.15) is 0 Å². The summed E-state index contributed by atoms with van der Waals surface area (Å²) < 4.78 is 0. The van der Waals surface area contributed by atoms with E-state index in [0.29, 0.717) is 0 Å². The van der Waals surface area contributed by atoms with Crippen LogP contribution in [0.25, 0.3) is 10.9 Å². The second kappa shape index (κ2) is 11.9. The zero-order valence-electron chi connectivity index (χ0n) is 20.7. The molecule has 0 fully saturated rings. The fourth-order valence-corrected chi connectivity index (χ4v) is 4.15. The van der Waals surface area contributed by atoms with Crippen molar-refractivity contribution in [3.05, 3.63) is 71.9 Å². The molecule has 0 aliphatic carbocycles. The van der Waals surface area contributed by atoms with Crippen molar-refractivity contribution in [2.75, 3.05) is 6.54 Å². The van der Waals surface area contributed by atoms with Gasteiger partial charge in [0.15, 0.2) is 0 Å². The molecule has 0 bridgehead atoms. The Morgan fingerprint density at radius 1 is 1.03 bits per heavy atom. The minimum absolute atomic E-state index is 0.0847. The van der Waals surface area contributed by atoms with E-state index in [1.165, 1.54) is 6.82 Å². The van der Waals surface area contributed by atoms with Gasteiger partial charge in [0.1, 0.15) is 6.04 Å². The molecule has 2 atom stereocenters. The average Bonchev–Trinajstić information content (AvgIpc) is 3.23. The predicted molar refractivity (Wildman–Crippen MR) is 139 cm³/mol. The maximum Gasteiger partial charge on any atom is 0.374 e. The second-order valence-electron chi connectivity index (χ2n) is 9.51. The number of hydrogen-bond donors (Lipinski definition) is 6. The second-order valence-corrected chi connectivity index (χ2v) is 9.51. The molecule has 3 rings (SSSR count). The predicted octanol–water partition coefficient (Wildman–Crippen LogP) is 1.73. The van der Waals surface area contributed by atoms with Gasteiger partial charge in [-0.3, -0.25) is 14.4 Å². The van der Waals surface area contributed by atoms with Gasteiger partial charge in [0.05, 0.1) is 11.5 Å². The van der Waals surface area contributed by atoms with Gasteiger partial charge in [-0.15, -0.1) is 0 Å². The zero-order valence-corrected chi connectivity index (χ0v) is 20.7. The van der Waals surface area contributed by atoms with Crippen molar-refractivity contribution in [2.24, 2.45) is 5.92 Å². The van der Waals surface area contributed by atoms with Gasteiger partial charge in [-0.25, -0.2) is 0 Å². The van der Waals surface area contributed by atoms with Gasteiger partial charge in [0.25, 0.3) is 0 Å². The number of aromatic nitrogens is 1. The first-order chi connectivity index (χ1) is 17.1. The smallest absolute Gasteiger partial charge is 0.374 e. The van der Waals surface area contributed by atoms with Gasteiger partial charge in [0, 0.05) is 30.1 Å². The minimum atomic E-state index is -1.15. The monoisotopic (exact) mass is 492 g/mol. The molecule has 0 radical (unpaired) electrons. The number of nitrogens with one attached hydrogen (secondary N) is 4. The van der Waals surface area contributed by atoms with Crippen molar-refractivity contribution < 1.29 is 24.5 Å². The van der Waals surface area contributed by atoms with E-state index in [1.807, 2.05) is 54.6 Å². The van der Waals surface area contributed by atoms with Crippen LogP contribution in [-0.2, 0) is 27.2 Å². The number of carboxylic acids is 1. The third kappa shape index (κ3) is 7.19. The van der Waals surface area contributed by atoms with Crippen LogP contribution in [0.15, 0.2) is 60.8 Å². The number of H-pyrrole nitrogens is 1. The van der Waals surface area contributed by atoms with Crippen LogP contribution in [0.5, 0.6) is 0 Å². The molecule has 6 N–H and O–H groups in total. The lowest BCUT2D eigenvalue weighted by Gasteiger charge is -2.29. The largest absolute Gasteiger partial charge is 0.481 e. The number of carboxylic acid groups (broad SMARTS) is 1. The molecule has 0 aliphatic rings. The Hall–Kier alpha value is -3.63. The van der Waals surface area contributed by atoms with E-state index in [1.54, 1.807) is 20.0 Å². The zero-order chi connectivity index (χ0) is 26.3. The first kappa shape index (κ1) is 27.0. The minimum Gasteiger partial charge on any atom is -0.481 e. The molecule has 0 saturated heterocycles. The molecule has 1 heterocycles. The molecule has 9 nitrogen and oxygen atoms in total. The summed E-state index contributed by atoms with van der Waals surface area (Å²) in [7, 11) is -0.930. The lowest BCUT2D eigenvalue weighted by molar-refractivity contribution is -0.141. The third-order valence-electron chi connectivity index (χ3n) is 6.06. The number of rotatable bonds is 12. The lowest BCUT2D eigenvalue weighted by atomic mass is 9.83. The van der Waals surface area contributed by atoms with Crippen LogP contribution >= 0.6 is 0 Å². The molecule has 190 valence electrons. The van der Waals surface area contributed by atoms with Crippen LogP contribution in [-0.4, -0.2) is 58.1 Å². The topological polar surface area (TPSA) is 144 Å². The van der Waals surface area contributed by atoms with Crippen molar-refractivity contribution in [1.82, 2.24) is 20.8 Å². The van der Waals surface area contributed by atoms with Crippen LogP contribution < -0.4 is 15.9 Å². The highest BCUT2D eigenvalue weighted by molar-refractivity contribution is 6.46. The Bertz CT molecular complexity index is 1200. The number of hydrogen-bond acceptors (Lipinski definition) is 5. The number of aromatic amines is 1. The molecule has 0 aliphatic heterocycles. The quantitative estimate of drug-likeness (QED) is 0.213. The van der Waals surface area contributed by atoms with Gasteiger partial charge < -0.3 is 31.0 Å². The summed E-state index contributed by atoms with van der Waals surface area (Å²) in [6.07, 6.45) is 2.26. The van der Waals surface area contributed by atoms with Gasteiger partial charge in [0.2, 0.25) is 11.8 Å². The fraction of sp³-hybridized carbons (Fsp3) is 0.346. The standard InChI is InChI=1S/C26H33BN4O5/c1-26(2,31-27(3)36)25(35)30-22(14-18-15-28-21-12-8-7-11-20(18)21)23(32)29-16-19(24(33)34)13-17-9-5-4-6-10-17/h4-12,15,19,22,28,31,36H,13-14,16H2,1-3H3,(H,29,32)(H,30,35)(H,33,34). The molecule has 1 aromatic heterocycles. The van der Waals surface area contributed by atoms with E-state index in [4.69, 9.17) is 0 Å². The molecular formula is C26H33BN4O5. The van der Waals surface area contributed by atoms with Crippen LogP contribution in [0.2, 0.25) is 6.82 Å². The summed E-state index contributed by atoms with van der Waals surface area (Å²) in [6.45, 7) is 4.63. The third-order valence-corrected chi connectivity index (χ3v) is 6.06. The van der Waals surface area contributed by atoms with Crippen molar-refractivity contribution >= 4 is 35.7 Å². The molecule has 2 amide bonds. The van der Waals surface area contributed by atoms with E-state index in [-0.39, 0.29) is 19.4 Å². The highest BCUT2D eigenvalue weighted by atomic mass is 16.4. The molecular weight excluding hydrogens is 459 g/mol. The van der Waals surface area contributed by atoms with Crippen LogP contribution in [0.3, 0.4) is 0 Å². The number of benzene rings is 2. The van der Waals surface area contributed by atoms with Crippen molar-refractivity contribution in [3.63, 3.8) is 0 Å². The van der Waals surface area contributed by atoms with E-state index in [0.717, 1.165) is 22.0 Å².